The van der Waals surface area contributed by atoms with Gasteiger partial charge in [-0.1, -0.05) is 0 Å². The van der Waals surface area contributed by atoms with Crippen molar-refractivity contribution >= 4 is 33.0 Å². The van der Waals surface area contributed by atoms with E-state index in [0.717, 1.165) is 17.4 Å². The summed E-state index contributed by atoms with van der Waals surface area (Å²) in [5.41, 5.74) is -2.39. The number of hydrogen-bond acceptors (Lipinski definition) is 4. The summed E-state index contributed by atoms with van der Waals surface area (Å²) in [6.07, 6.45) is -4.80. The third-order valence-corrected chi connectivity index (χ3v) is 5.61. The maximum absolute atomic E-state index is 12.8. The van der Waals surface area contributed by atoms with Crippen LogP contribution < -0.4 is 4.72 Å². The highest BCUT2D eigenvalue weighted by Crippen LogP contribution is 2.33. The number of aromatic carboxylic acids is 1. The number of carboxylic acid groups (broad SMARTS) is 1. The van der Waals surface area contributed by atoms with Gasteiger partial charge in [0.15, 0.2) is 0 Å². The Balaban J connectivity index is 2.47. The zero-order valence-corrected chi connectivity index (χ0v) is 13.1. The van der Waals surface area contributed by atoms with Crippen molar-refractivity contribution in [2.45, 2.75) is 17.3 Å². The SMILES string of the molecule is Cc1ccc(S(=O)(=O)Nc2cc(C(=O)O)cc(C(F)(F)F)c2)s1. The fourth-order valence-corrected chi connectivity index (χ4v) is 4.06. The summed E-state index contributed by atoms with van der Waals surface area (Å²) in [5, 5.41) is 8.88. The van der Waals surface area contributed by atoms with Crippen LogP contribution in [0.25, 0.3) is 0 Å². The van der Waals surface area contributed by atoms with Gasteiger partial charge in [0.2, 0.25) is 0 Å². The molecule has 23 heavy (non-hydrogen) atoms. The van der Waals surface area contributed by atoms with Crippen LogP contribution >= 0.6 is 11.3 Å². The Morgan fingerprint density at radius 1 is 1.22 bits per heavy atom. The molecule has 0 aliphatic heterocycles. The van der Waals surface area contributed by atoms with Crippen LogP contribution in [0, 0.1) is 6.92 Å². The van der Waals surface area contributed by atoms with Gasteiger partial charge in [0, 0.05) is 4.88 Å². The number of halogens is 3. The van der Waals surface area contributed by atoms with E-state index >= 15 is 0 Å². The van der Waals surface area contributed by atoms with Gasteiger partial charge in [-0.2, -0.15) is 13.2 Å². The highest BCUT2D eigenvalue weighted by Gasteiger charge is 2.32. The predicted octanol–water partition coefficient (Wildman–Crippen LogP) is 3.57. The molecule has 0 unspecified atom stereocenters. The number of thiophene rings is 1. The average Bonchev–Trinajstić information content (AvgIpc) is 2.84. The summed E-state index contributed by atoms with van der Waals surface area (Å²) in [7, 11) is -4.09. The monoisotopic (exact) mass is 365 g/mol. The number of benzene rings is 1. The summed E-state index contributed by atoms with van der Waals surface area (Å²) in [6, 6.07) is 4.68. The minimum atomic E-state index is -4.80. The van der Waals surface area contributed by atoms with Crippen molar-refractivity contribution in [2.24, 2.45) is 0 Å². The van der Waals surface area contributed by atoms with Crippen LogP contribution in [0.2, 0.25) is 0 Å². The number of sulfonamides is 1. The molecule has 0 radical (unpaired) electrons. The number of anilines is 1. The number of carbonyl (C=O) groups is 1. The Morgan fingerprint density at radius 2 is 1.87 bits per heavy atom. The number of nitrogens with one attached hydrogen (secondary N) is 1. The molecule has 0 fully saturated rings. The Hall–Kier alpha value is -2.07. The first-order chi connectivity index (χ1) is 10.5. The van der Waals surface area contributed by atoms with E-state index in [2.05, 4.69) is 0 Å². The molecule has 0 amide bonds. The molecule has 0 atom stereocenters. The molecule has 1 heterocycles. The van der Waals surface area contributed by atoms with Crippen molar-refractivity contribution in [2.75, 3.05) is 4.72 Å². The second-order valence-electron chi connectivity index (χ2n) is 4.57. The molecule has 0 saturated heterocycles. The summed E-state index contributed by atoms with van der Waals surface area (Å²) in [6.45, 7) is 1.68. The molecule has 0 spiro atoms. The van der Waals surface area contributed by atoms with Gasteiger partial charge in [0.05, 0.1) is 16.8 Å². The van der Waals surface area contributed by atoms with Crippen molar-refractivity contribution in [3.63, 3.8) is 0 Å². The molecule has 0 bridgehead atoms. The topological polar surface area (TPSA) is 83.5 Å². The van der Waals surface area contributed by atoms with Crippen LogP contribution in [0.4, 0.5) is 18.9 Å². The molecule has 10 heteroatoms. The summed E-state index contributed by atoms with van der Waals surface area (Å²) < 4.78 is 64.6. The maximum Gasteiger partial charge on any atom is 0.416 e. The summed E-state index contributed by atoms with van der Waals surface area (Å²) in [4.78, 5) is 11.6. The van der Waals surface area contributed by atoms with Crippen LogP contribution in [0.5, 0.6) is 0 Å². The molecule has 5 nitrogen and oxygen atoms in total. The van der Waals surface area contributed by atoms with Crippen LogP contribution in [0.3, 0.4) is 0 Å². The van der Waals surface area contributed by atoms with E-state index in [1.165, 1.54) is 6.07 Å². The van der Waals surface area contributed by atoms with Gasteiger partial charge in [-0.05, 0) is 37.3 Å². The molecule has 2 rings (SSSR count). The van der Waals surface area contributed by atoms with E-state index in [0.29, 0.717) is 17.0 Å². The van der Waals surface area contributed by atoms with E-state index in [4.69, 9.17) is 5.11 Å². The molecule has 0 aliphatic carbocycles. The van der Waals surface area contributed by atoms with Gasteiger partial charge in [-0.3, -0.25) is 4.72 Å². The first-order valence-electron chi connectivity index (χ1n) is 6.04. The molecular weight excluding hydrogens is 355 g/mol. The Morgan fingerprint density at radius 3 is 2.35 bits per heavy atom. The van der Waals surface area contributed by atoms with E-state index in [9.17, 15) is 26.4 Å². The second kappa shape index (κ2) is 5.85. The zero-order valence-electron chi connectivity index (χ0n) is 11.5. The first kappa shape index (κ1) is 17.3. The normalized spacial score (nSPS) is 12.2. The van der Waals surface area contributed by atoms with Gasteiger partial charge in [0.1, 0.15) is 4.21 Å². The molecule has 124 valence electrons. The number of hydrogen-bond donors (Lipinski definition) is 2. The van der Waals surface area contributed by atoms with Crippen LogP contribution in [-0.4, -0.2) is 19.5 Å². The van der Waals surface area contributed by atoms with E-state index in [-0.39, 0.29) is 4.21 Å². The van der Waals surface area contributed by atoms with E-state index in [1.54, 1.807) is 13.0 Å². The van der Waals surface area contributed by atoms with Crippen molar-refractivity contribution in [1.29, 1.82) is 0 Å². The molecule has 1 aromatic heterocycles. The van der Waals surface area contributed by atoms with Crippen LogP contribution in [-0.2, 0) is 16.2 Å². The minimum Gasteiger partial charge on any atom is -0.478 e. The van der Waals surface area contributed by atoms with Crippen molar-refractivity contribution in [3.05, 3.63) is 46.3 Å². The zero-order chi connectivity index (χ0) is 17.4. The molecular formula is C13H10F3NO4S2. The lowest BCUT2D eigenvalue weighted by molar-refractivity contribution is -0.137. The fourth-order valence-electron chi connectivity index (χ4n) is 1.74. The molecule has 1 aromatic carbocycles. The summed E-state index contributed by atoms with van der Waals surface area (Å²) >= 11 is 0.945. The smallest absolute Gasteiger partial charge is 0.416 e. The van der Waals surface area contributed by atoms with E-state index < -0.39 is 39.0 Å². The van der Waals surface area contributed by atoms with Crippen LogP contribution in [0.15, 0.2) is 34.5 Å². The van der Waals surface area contributed by atoms with Crippen molar-refractivity contribution in [3.8, 4) is 0 Å². The average molecular weight is 365 g/mol. The Kier molecular flexibility index (Phi) is 4.40. The molecule has 0 saturated carbocycles. The summed E-state index contributed by atoms with van der Waals surface area (Å²) in [5.74, 6) is -1.59. The van der Waals surface area contributed by atoms with Gasteiger partial charge in [-0.25, -0.2) is 13.2 Å². The van der Waals surface area contributed by atoms with E-state index in [1.807, 2.05) is 4.72 Å². The lowest BCUT2D eigenvalue weighted by atomic mass is 10.1. The minimum absolute atomic E-state index is 0.0794. The number of carboxylic acids is 1. The number of rotatable bonds is 4. The van der Waals surface area contributed by atoms with Gasteiger partial charge in [-0.15, -0.1) is 11.3 Å². The Labute approximate surface area is 133 Å². The van der Waals surface area contributed by atoms with Gasteiger partial charge in [0.25, 0.3) is 10.0 Å². The molecule has 0 aliphatic rings. The van der Waals surface area contributed by atoms with Crippen LogP contribution in [0.1, 0.15) is 20.8 Å². The van der Waals surface area contributed by atoms with Gasteiger partial charge >= 0.3 is 12.1 Å². The molecule has 2 N–H and O–H groups in total. The first-order valence-corrected chi connectivity index (χ1v) is 8.34. The third-order valence-electron chi connectivity index (χ3n) is 2.74. The number of aryl methyl sites for hydroxylation is 1. The highest BCUT2D eigenvalue weighted by atomic mass is 32.2. The second-order valence-corrected chi connectivity index (χ2v) is 7.77. The Bertz CT molecular complexity index is 856. The fraction of sp³-hybridized carbons (Fsp3) is 0.154. The maximum atomic E-state index is 12.8. The third kappa shape index (κ3) is 4.02. The largest absolute Gasteiger partial charge is 0.478 e. The van der Waals surface area contributed by atoms with Gasteiger partial charge < -0.3 is 5.11 Å². The lowest BCUT2D eigenvalue weighted by Crippen LogP contribution is -2.14. The van der Waals surface area contributed by atoms with Crippen molar-refractivity contribution < 1.29 is 31.5 Å². The lowest BCUT2D eigenvalue weighted by Gasteiger charge is -2.12. The quantitative estimate of drug-likeness (QED) is 0.868. The number of alkyl halides is 3. The standard InChI is InChI=1S/C13H10F3NO4S2/c1-7-2-3-11(22-7)23(20,21)17-10-5-8(12(18)19)4-9(6-10)13(14,15)16/h2-6,17H,1H3,(H,18,19). The highest BCUT2D eigenvalue weighted by molar-refractivity contribution is 7.94. The van der Waals surface area contributed by atoms with Crippen molar-refractivity contribution in [1.82, 2.24) is 0 Å². The molecule has 2 aromatic rings. The predicted molar refractivity (Wildman–Crippen MR) is 78.3 cm³/mol.